The van der Waals surface area contributed by atoms with Crippen LogP contribution in [0, 0.1) is 5.82 Å². The Morgan fingerprint density at radius 3 is 1.92 bits per heavy atom. The maximum absolute atomic E-state index is 14.3. The summed E-state index contributed by atoms with van der Waals surface area (Å²) >= 11 is 0. The standard InChI is InChI=1S/C44H36FN4/c1-44(31-22-24-32(45)25-23-31)40-36-20-12-10-18-34(36)33-17-9-11-19-35(33)39(40)37-26-21-30(27-38(37)47-44)41-46-42(28-13-5-3-6-14-28)49(2)43(48(41)49)29-15-7-4-8-16-29/h3-27,41-43,46-47H,1-2H3/q+1. The van der Waals surface area contributed by atoms with Gasteiger partial charge < -0.3 is 5.32 Å². The van der Waals surface area contributed by atoms with E-state index in [-0.39, 0.29) is 24.3 Å². The molecule has 3 aliphatic rings. The molecule has 5 heteroatoms. The van der Waals surface area contributed by atoms with E-state index in [4.69, 9.17) is 0 Å². The van der Waals surface area contributed by atoms with Gasteiger partial charge in [0.1, 0.15) is 12.0 Å². The highest BCUT2D eigenvalue weighted by Gasteiger charge is 2.75. The fourth-order valence-electron chi connectivity index (χ4n) is 9.10. The van der Waals surface area contributed by atoms with Crippen LogP contribution in [0.3, 0.4) is 0 Å². The predicted molar refractivity (Wildman–Crippen MR) is 196 cm³/mol. The Morgan fingerprint density at radius 1 is 0.633 bits per heavy atom. The van der Waals surface area contributed by atoms with Crippen molar-refractivity contribution in [1.29, 1.82) is 0 Å². The van der Waals surface area contributed by atoms with E-state index in [0.717, 1.165) is 15.8 Å². The van der Waals surface area contributed by atoms with E-state index in [0.29, 0.717) is 0 Å². The van der Waals surface area contributed by atoms with Crippen molar-refractivity contribution in [3.63, 3.8) is 0 Å². The molecule has 238 valence electrons. The first kappa shape index (κ1) is 28.7. The lowest BCUT2D eigenvalue weighted by Crippen LogP contribution is -2.37. The van der Waals surface area contributed by atoms with E-state index in [1.165, 1.54) is 54.9 Å². The molecule has 0 bridgehead atoms. The summed E-state index contributed by atoms with van der Waals surface area (Å²) in [4.78, 5) is 0. The number of anilines is 1. The molecule has 0 aromatic heterocycles. The van der Waals surface area contributed by atoms with E-state index >= 15 is 0 Å². The quantitative estimate of drug-likeness (QED) is 0.114. The number of halogens is 1. The van der Waals surface area contributed by atoms with E-state index in [1.54, 1.807) is 12.1 Å². The van der Waals surface area contributed by atoms with Gasteiger partial charge in [-0.1, -0.05) is 138 Å². The molecule has 0 amide bonds. The number of nitrogens with zero attached hydrogens (tertiary/aromatic N) is 2. The summed E-state index contributed by atoms with van der Waals surface area (Å²) in [5.41, 5.74) is 8.93. The Morgan fingerprint density at radius 2 is 1.22 bits per heavy atom. The second-order valence-corrected chi connectivity index (χ2v) is 14.0. The molecule has 0 aliphatic carbocycles. The maximum atomic E-state index is 14.3. The van der Waals surface area contributed by atoms with Crippen LogP contribution in [-0.2, 0) is 5.54 Å². The van der Waals surface area contributed by atoms with Crippen LogP contribution in [0.5, 0.6) is 0 Å². The molecule has 4 nitrogen and oxygen atoms in total. The summed E-state index contributed by atoms with van der Waals surface area (Å²) in [6, 6.07) is 53.1. The largest absolute Gasteiger partial charge is 0.371 e. The molecular formula is C44H36FN4+. The normalized spacial score (nSPS) is 26.5. The molecule has 3 heterocycles. The first-order chi connectivity index (χ1) is 24.0. The summed E-state index contributed by atoms with van der Waals surface area (Å²) < 4.78 is 15.1. The predicted octanol–water partition coefficient (Wildman–Crippen LogP) is 10.2. The number of rotatable bonds is 4. The van der Waals surface area contributed by atoms with Crippen molar-refractivity contribution in [2.75, 3.05) is 12.4 Å². The van der Waals surface area contributed by atoms with Crippen molar-refractivity contribution in [3.05, 3.63) is 185 Å². The van der Waals surface area contributed by atoms with Crippen molar-refractivity contribution in [2.45, 2.75) is 31.0 Å². The minimum absolute atomic E-state index is 0.000617. The van der Waals surface area contributed by atoms with Gasteiger partial charge in [0.15, 0.2) is 6.17 Å². The molecular weight excluding hydrogens is 604 g/mol. The smallest absolute Gasteiger partial charge is 0.235 e. The second-order valence-electron chi connectivity index (χ2n) is 14.0. The molecule has 7 aromatic rings. The molecule has 10 rings (SSSR count). The zero-order valence-corrected chi connectivity index (χ0v) is 27.4. The Hall–Kier alpha value is -5.33. The van der Waals surface area contributed by atoms with Crippen LogP contribution >= 0.6 is 0 Å². The van der Waals surface area contributed by atoms with Gasteiger partial charge in [0.05, 0.1) is 12.6 Å². The Labute approximate surface area is 285 Å². The molecule has 0 radical (unpaired) electrons. The highest BCUT2D eigenvalue weighted by Crippen LogP contribution is 2.63. The third-order valence-corrected chi connectivity index (χ3v) is 11.4. The minimum atomic E-state index is -0.620. The summed E-state index contributed by atoms with van der Waals surface area (Å²) in [5, 5.41) is 15.5. The molecule has 3 aliphatic heterocycles. The van der Waals surface area contributed by atoms with Crippen LogP contribution in [0.4, 0.5) is 10.1 Å². The van der Waals surface area contributed by atoms with Crippen molar-refractivity contribution in [1.82, 2.24) is 10.3 Å². The third-order valence-electron chi connectivity index (χ3n) is 11.4. The third kappa shape index (κ3) is 4.01. The number of benzene rings is 7. The highest BCUT2D eigenvalue weighted by atomic mass is 19.1. The fraction of sp³-hybridized carbons (Fsp3) is 0.136. The van der Waals surface area contributed by atoms with Crippen LogP contribution in [0.25, 0.3) is 32.7 Å². The highest BCUT2D eigenvalue weighted by molar-refractivity contribution is 6.18. The zero-order valence-electron chi connectivity index (χ0n) is 27.4. The summed E-state index contributed by atoms with van der Waals surface area (Å²) in [7, 11) is 2.35. The van der Waals surface area contributed by atoms with Gasteiger partial charge in [0.2, 0.25) is 6.17 Å². The zero-order chi connectivity index (χ0) is 32.9. The Bertz CT molecular complexity index is 2410. The molecule has 7 aromatic carbocycles. The number of quaternary nitrogens is 1. The molecule has 2 saturated heterocycles. The van der Waals surface area contributed by atoms with Crippen molar-refractivity contribution in [3.8, 4) is 11.1 Å². The van der Waals surface area contributed by atoms with Crippen LogP contribution < -0.4 is 10.6 Å². The lowest BCUT2D eigenvalue weighted by atomic mass is 9.73. The Balaban J connectivity index is 1.18. The number of nitrogens with one attached hydrogen (secondary N) is 2. The SMILES string of the molecule is CC1(c2ccc(F)cc2)Nc2cc(C3NC(c4ccccc4)[N+]4(C)C(c5ccccc5)N34)ccc2-c2c1c1ccccc1c1ccccc21. The van der Waals surface area contributed by atoms with Crippen LogP contribution in [-0.4, -0.2) is 16.6 Å². The van der Waals surface area contributed by atoms with Gasteiger partial charge in [-0.3, -0.25) is 0 Å². The minimum Gasteiger partial charge on any atom is -0.371 e. The fourth-order valence-corrected chi connectivity index (χ4v) is 9.10. The van der Waals surface area contributed by atoms with Gasteiger partial charge in [0.25, 0.3) is 0 Å². The first-order valence-corrected chi connectivity index (χ1v) is 17.1. The van der Waals surface area contributed by atoms with Gasteiger partial charge in [0, 0.05) is 22.4 Å². The van der Waals surface area contributed by atoms with E-state index in [2.05, 4.69) is 157 Å². The topological polar surface area (TPSA) is 27.1 Å². The first-order valence-electron chi connectivity index (χ1n) is 17.1. The maximum Gasteiger partial charge on any atom is 0.235 e. The number of fused-ring (bicyclic) bond motifs is 9. The van der Waals surface area contributed by atoms with Gasteiger partial charge in [-0.05, 0) is 68.9 Å². The van der Waals surface area contributed by atoms with Gasteiger partial charge in [-0.2, -0.15) is 4.59 Å². The van der Waals surface area contributed by atoms with Crippen LogP contribution in [0.1, 0.15) is 53.2 Å². The van der Waals surface area contributed by atoms with Crippen molar-refractivity contribution in [2.24, 2.45) is 0 Å². The van der Waals surface area contributed by atoms with Crippen molar-refractivity contribution < 1.29 is 8.98 Å². The average Bonchev–Trinajstić information content (AvgIpc) is 3.65. The van der Waals surface area contributed by atoms with E-state index < -0.39 is 5.54 Å². The lowest BCUT2D eigenvalue weighted by molar-refractivity contribution is -0.880. The molecule has 0 spiro atoms. The van der Waals surface area contributed by atoms with E-state index in [9.17, 15) is 4.39 Å². The van der Waals surface area contributed by atoms with Crippen molar-refractivity contribution >= 4 is 27.2 Å². The molecule has 6 atom stereocenters. The number of hydrogen-bond acceptors (Lipinski definition) is 3. The molecule has 2 fully saturated rings. The van der Waals surface area contributed by atoms with Crippen LogP contribution in [0.15, 0.2) is 152 Å². The van der Waals surface area contributed by atoms with Gasteiger partial charge in [-0.25, -0.2) is 9.71 Å². The van der Waals surface area contributed by atoms with Crippen LogP contribution in [0.2, 0.25) is 0 Å². The second kappa shape index (κ2) is 10.3. The lowest BCUT2D eigenvalue weighted by Gasteiger charge is -2.41. The molecule has 49 heavy (non-hydrogen) atoms. The van der Waals surface area contributed by atoms with E-state index in [1.807, 2.05) is 12.1 Å². The number of hydrogen-bond donors (Lipinski definition) is 2. The summed E-state index contributed by atoms with van der Waals surface area (Å²) in [6.07, 6.45) is 0.349. The monoisotopic (exact) mass is 639 g/mol. The average molecular weight is 640 g/mol. The molecule has 2 N–H and O–H groups in total. The summed E-state index contributed by atoms with van der Waals surface area (Å²) in [5.74, 6) is -0.234. The Kier molecular flexibility index (Phi) is 6.05. The summed E-state index contributed by atoms with van der Waals surface area (Å²) in [6.45, 7) is 2.25. The van der Waals surface area contributed by atoms with Gasteiger partial charge in [-0.15, -0.1) is 0 Å². The molecule has 0 saturated carbocycles. The molecule has 6 unspecified atom stereocenters. The van der Waals surface area contributed by atoms with Gasteiger partial charge >= 0.3 is 0 Å².